The van der Waals surface area contributed by atoms with Crippen LogP contribution in [0.1, 0.15) is 22.7 Å². The molecule has 0 fully saturated rings. The molecular formula is C21H15ClN4. The van der Waals surface area contributed by atoms with Crippen molar-refractivity contribution < 1.29 is 0 Å². The topological polar surface area (TPSA) is 64.7 Å². The van der Waals surface area contributed by atoms with Crippen LogP contribution in [0.3, 0.4) is 0 Å². The molecule has 5 heteroatoms. The highest BCUT2D eigenvalue weighted by molar-refractivity contribution is 6.30. The zero-order valence-corrected chi connectivity index (χ0v) is 14.6. The van der Waals surface area contributed by atoms with Gasteiger partial charge in [-0.25, -0.2) is 4.98 Å². The van der Waals surface area contributed by atoms with Crippen molar-refractivity contribution in [2.75, 3.05) is 5.73 Å². The molecule has 26 heavy (non-hydrogen) atoms. The van der Waals surface area contributed by atoms with Crippen molar-refractivity contribution in [1.82, 2.24) is 15.0 Å². The second-order valence-electron chi connectivity index (χ2n) is 6.47. The summed E-state index contributed by atoms with van der Waals surface area (Å²) in [6.45, 7) is 0. The highest BCUT2D eigenvalue weighted by Crippen LogP contribution is 2.44. The number of nitrogens with zero attached hydrogens (tertiary/aromatic N) is 3. The molecule has 3 aromatic heterocycles. The standard InChI is InChI=1S/C21H15ClN4/c22-13-5-1-4-12(10-13)16-11-17-14(6-2-8-24-17)20-18(16)19-15(21(23)26-20)7-3-9-25-19/h1-10,16H,11H2,(H2,23,26). The Hall–Kier alpha value is -2.98. The fourth-order valence-electron chi connectivity index (χ4n) is 3.83. The van der Waals surface area contributed by atoms with E-state index in [1.165, 1.54) is 0 Å². The summed E-state index contributed by atoms with van der Waals surface area (Å²) in [7, 11) is 0. The Morgan fingerprint density at radius 2 is 1.85 bits per heavy atom. The van der Waals surface area contributed by atoms with E-state index in [-0.39, 0.29) is 5.92 Å². The molecule has 1 unspecified atom stereocenters. The van der Waals surface area contributed by atoms with Crippen LogP contribution in [-0.4, -0.2) is 15.0 Å². The van der Waals surface area contributed by atoms with Crippen LogP contribution >= 0.6 is 11.6 Å². The van der Waals surface area contributed by atoms with Crippen molar-refractivity contribution in [2.45, 2.75) is 12.3 Å². The number of halogens is 1. The maximum atomic E-state index is 6.27. The van der Waals surface area contributed by atoms with Gasteiger partial charge in [-0.3, -0.25) is 9.97 Å². The number of fused-ring (bicyclic) bond motifs is 5. The van der Waals surface area contributed by atoms with Crippen LogP contribution in [0, 0.1) is 0 Å². The largest absolute Gasteiger partial charge is 0.383 e. The normalized spacial score (nSPS) is 15.5. The first-order valence-electron chi connectivity index (χ1n) is 8.46. The summed E-state index contributed by atoms with van der Waals surface area (Å²) in [6, 6.07) is 15.8. The van der Waals surface area contributed by atoms with E-state index in [1.807, 2.05) is 42.6 Å². The molecule has 0 saturated heterocycles. The summed E-state index contributed by atoms with van der Waals surface area (Å²) in [5.41, 5.74) is 12.3. The van der Waals surface area contributed by atoms with Crippen LogP contribution < -0.4 is 5.73 Å². The first-order chi connectivity index (χ1) is 12.7. The van der Waals surface area contributed by atoms with Gasteiger partial charge in [0, 0.05) is 46.3 Å². The average molecular weight is 359 g/mol. The van der Waals surface area contributed by atoms with Gasteiger partial charge in [0.05, 0.1) is 16.9 Å². The van der Waals surface area contributed by atoms with Gasteiger partial charge in [0.15, 0.2) is 0 Å². The third-order valence-corrected chi connectivity index (χ3v) is 5.20. The minimum absolute atomic E-state index is 0.0802. The van der Waals surface area contributed by atoms with E-state index >= 15 is 0 Å². The maximum Gasteiger partial charge on any atom is 0.133 e. The number of nitrogen functional groups attached to an aromatic ring is 1. The monoisotopic (exact) mass is 358 g/mol. The molecule has 126 valence electrons. The third-order valence-electron chi connectivity index (χ3n) is 4.97. The summed E-state index contributed by atoms with van der Waals surface area (Å²) in [5.74, 6) is 0.574. The molecule has 4 aromatic rings. The summed E-state index contributed by atoms with van der Waals surface area (Å²) in [5, 5.41) is 1.60. The third kappa shape index (κ3) is 2.26. The van der Waals surface area contributed by atoms with Gasteiger partial charge in [-0.15, -0.1) is 0 Å². The van der Waals surface area contributed by atoms with E-state index in [9.17, 15) is 0 Å². The average Bonchev–Trinajstić information content (AvgIpc) is 2.67. The Bertz CT molecular complexity index is 1160. The molecule has 5 rings (SSSR count). The lowest BCUT2D eigenvalue weighted by atomic mass is 9.78. The Morgan fingerprint density at radius 1 is 1.00 bits per heavy atom. The lowest BCUT2D eigenvalue weighted by Gasteiger charge is -2.28. The van der Waals surface area contributed by atoms with Crippen molar-refractivity contribution >= 4 is 28.3 Å². The number of aromatic nitrogens is 3. The fraction of sp³-hybridized carbons (Fsp3) is 0.0952. The quantitative estimate of drug-likeness (QED) is 0.539. The van der Waals surface area contributed by atoms with E-state index in [4.69, 9.17) is 22.3 Å². The minimum atomic E-state index is 0.0802. The van der Waals surface area contributed by atoms with Crippen LogP contribution in [0.25, 0.3) is 22.2 Å². The molecule has 4 nitrogen and oxygen atoms in total. The van der Waals surface area contributed by atoms with Crippen LogP contribution in [0.4, 0.5) is 5.82 Å². The first-order valence-corrected chi connectivity index (χ1v) is 8.84. The fourth-order valence-corrected chi connectivity index (χ4v) is 4.03. The molecular weight excluding hydrogens is 344 g/mol. The first kappa shape index (κ1) is 15.3. The number of anilines is 1. The second-order valence-corrected chi connectivity index (χ2v) is 6.90. The zero-order chi connectivity index (χ0) is 17.7. The predicted molar refractivity (Wildman–Crippen MR) is 104 cm³/mol. The summed E-state index contributed by atoms with van der Waals surface area (Å²) >= 11 is 6.27. The molecule has 1 atom stereocenters. The zero-order valence-electron chi connectivity index (χ0n) is 13.9. The van der Waals surface area contributed by atoms with Crippen molar-refractivity contribution in [1.29, 1.82) is 0 Å². The lowest BCUT2D eigenvalue weighted by molar-refractivity contribution is 0.769. The highest BCUT2D eigenvalue weighted by Gasteiger charge is 2.31. The van der Waals surface area contributed by atoms with E-state index in [0.717, 1.165) is 50.4 Å². The molecule has 1 aliphatic carbocycles. The van der Waals surface area contributed by atoms with Crippen molar-refractivity contribution in [3.05, 3.63) is 82.8 Å². The molecule has 1 aromatic carbocycles. The Labute approximate surface area is 155 Å². The van der Waals surface area contributed by atoms with Gasteiger partial charge in [-0.1, -0.05) is 23.7 Å². The Kier molecular flexibility index (Phi) is 3.40. The lowest BCUT2D eigenvalue weighted by Crippen LogP contribution is -2.17. The summed E-state index contributed by atoms with van der Waals surface area (Å²) in [6.07, 6.45) is 4.40. The number of nitrogens with two attached hydrogens (primary N) is 1. The number of hydrogen-bond donors (Lipinski definition) is 1. The van der Waals surface area contributed by atoms with Crippen LogP contribution in [-0.2, 0) is 6.42 Å². The molecule has 0 bridgehead atoms. The molecule has 2 N–H and O–H groups in total. The van der Waals surface area contributed by atoms with Crippen molar-refractivity contribution in [2.24, 2.45) is 0 Å². The Morgan fingerprint density at radius 3 is 2.73 bits per heavy atom. The smallest absolute Gasteiger partial charge is 0.133 e. The molecule has 0 amide bonds. The van der Waals surface area contributed by atoms with Gasteiger partial charge < -0.3 is 5.73 Å². The number of rotatable bonds is 1. The van der Waals surface area contributed by atoms with Gasteiger partial charge in [0.2, 0.25) is 0 Å². The number of pyridine rings is 3. The maximum absolute atomic E-state index is 6.27. The molecule has 0 spiro atoms. The van der Waals surface area contributed by atoms with Crippen molar-refractivity contribution in [3.63, 3.8) is 0 Å². The molecule has 0 saturated carbocycles. The number of hydrogen-bond acceptors (Lipinski definition) is 4. The van der Waals surface area contributed by atoms with E-state index in [2.05, 4.69) is 22.1 Å². The summed E-state index contributed by atoms with van der Waals surface area (Å²) in [4.78, 5) is 14.0. The van der Waals surface area contributed by atoms with Gasteiger partial charge in [0.1, 0.15) is 5.82 Å². The Balaban J connectivity index is 1.88. The number of benzene rings is 1. The van der Waals surface area contributed by atoms with Gasteiger partial charge in [0.25, 0.3) is 0 Å². The SMILES string of the molecule is Nc1nc2c(c3ncccc13)C(c1cccc(Cl)c1)Cc1ncccc1-2. The van der Waals surface area contributed by atoms with Crippen LogP contribution in [0.5, 0.6) is 0 Å². The molecule has 0 aliphatic heterocycles. The predicted octanol–water partition coefficient (Wildman–Crippen LogP) is 4.62. The highest BCUT2D eigenvalue weighted by atomic mass is 35.5. The molecule has 0 radical (unpaired) electrons. The van der Waals surface area contributed by atoms with Crippen molar-refractivity contribution in [3.8, 4) is 11.3 Å². The van der Waals surface area contributed by atoms with Gasteiger partial charge in [-0.2, -0.15) is 0 Å². The molecule has 1 aliphatic rings. The second kappa shape index (κ2) is 5.78. The summed E-state index contributed by atoms with van der Waals surface area (Å²) < 4.78 is 0. The van der Waals surface area contributed by atoms with Gasteiger partial charge >= 0.3 is 0 Å². The minimum Gasteiger partial charge on any atom is -0.383 e. The van der Waals surface area contributed by atoms with Gasteiger partial charge in [-0.05, 0) is 42.0 Å². The molecule has 3 heterocycles. The van der Waals surface area contributed by atoms with E-state index in [1.54, 1.807) is 6.20 Å². The van der Waals surface area contributed by atoms with E-state index < -0.39 is 0 Å². The van der Waals surface area contributed by atoms with Crippen LogP contribution in [0.15, 0.2) is 60.9 Å². The van der Waals surface area contributed by atoms with E-state index in [0.29, 0.717) is 5.82 Å². The van der Waals surface area contributed by atoms with Crippen LogP contribution in [0.2, 0.25) is 5.02 Å².